The van der Waals surface area contributed by atoms with E-state index < -0.39 is 0 Å². The van der Waals surface area contributed by atoms with E-state index in [1.54, 1.807) is 24.7 Å². The molecule has 0 bridgehead atoms. The Bertz CT molecular complexity index is 828. The second-order valence-corrected chi connectivity index (χ2v) is 6.13. The molecule has 0 amide bonds. The van der Waals surface area contributed by atoms with Crippen LogP contribution in [-0.4, -0.2) is 26.7 Å². The lowest BCUT2D eigenvalue weighted by Crippen LogP contribution is -2.11. The van der Waals surface area contributed by atoms with Crippen LogP contribution in [0.25, 0.3) is 0 Å². The molecular formula is C17H16Cl2N6. The summed E-state index contributed by atoms with van der Waals surface area (Å²) in [5, 5.41) is 15.6. The predicted molar refractivity (Wildman–Crippen MR) is 100 cm³/mol. The van der Waals surface area contributed by atoms with E-state index in [-0.39, 0.29) is 0 Å². The van der Waals surface area contributed by atoms with Crippen molar-refractivity contribution in [3.05, 3.63) is 70.1 Å². The van der Waals surface area contributed by atoms with Crippen LogP contribution in [0, 0.1) is 0 Å². The van der Waals surface area contributed by atoms with Gasteiger partial charge in [-0.2, -0.15) is 10.1 Å². The van der Waals surface area contributed by atoms with Crippen molar-refractivity contribution in [1.29, 1.82) is 0 Å². The summed E-state index contributed by atoms with van der Waals surface area (Å²) in [6.45, 7) is 1.28. The highest BCUT2D eigenvalue weighted by Crippen LogP contribution is 2.21. The van der Waals surface area contributed by atoms with Crippen molar-refractivity contribution in [3.8, 4) is 0 Å². The number of nitrogens with zero attached hydrogens (tertiary/aromatic N) is 4. The number of pyridine rings is 1. The molecule has 0 aliphatic rings. The first-order valence-electron chi connectivity index (χ1n) is 7.71. The van der Waals surface area contributed by atoms with Crippen molar-refractivity contribution in [2.75, 3.05) is 17.2 Å². The van der Waals surface area contributed by atoms with Crippen molar-refractivity contribution in [2.24, 2.45) is 0 Å². The number of aromatic nitrogens is 4. The molecule has 2 N–H and O–H groups in total. The Morgan fingerprint density at radius 1 is 1.00 bits per heavy atom. The van der Waals surface area contributed by atoms with E-state index in [1.807, 2.05) is 24.3 Å². The summed E-state index contributed by atoms with van der Waals surface area (Å²) in [4.78, 5) is 8.38. The third-order valence-electron chi connectivity index (χ3n) is 3.47. The van der Waals surface area contributed by atoms with Crippen LogP contribution in [-0.2, 0) is 13.0 Å². The fraction of sp³-hybridized carbons (Fsp3) is 0.176. The van der Waals surface area contributed by atoms with Crippen LogP contribution in [0.1, 0.15) is 11.1 Å². The van der Waals surface area contributed by atoms with Crippen LogP contribution < -0.4 is 10.6 Å². The van der Waals surface area contributed by atoms with Gasteiger partial charge in [0.25, 0.3) is 0 Å². The van der Waals surface area contributed by atoms with Crippen LogP contribution in [0.4, 0.5) is 11.8 Å². The van der Waals surface area contributed by atoms with Crippen LogP contribution in [0.2, 0.25) is 10.0 Å². The molecule has 0 atom stereocenters. The van der Waals surface area contributed by atoms with Crippen LogP contribution in [0.3, 0.4) is 0 Å². The number of anilines is 2. The Morgan fingerprint density at radius 3 is 2.64 bits per heavy atom. The van der Waals surface area contributed by atoms with Crippen molar-refractivity contribution in [1.82, 2.24) is 20.2 Å². The van der Waals surface area contributed by atoms with Crippen molar-refractivity contribution in [3.63, 3.8) is 0 Å². The fourth-order valence-corrected chi connectivity index (χ4v) is 2.69. The zero-order valence-electron chi connectivity index (χ0n) is 13.3. The SMILES string of the molecule is Clc1ccc(CCNc2nncc(NCc3ccncc3)n2)c(Cl)c1. The number of benzene rings is 1. The average molecular weight is 375 g/mol. The molecule has 0 saturated carbocycles. The first-order valence-corrected chi connectivity index (χ1v) is 8.46. The normalized spacial score (nSPS) is 10.5. The lowest BCUT2D eigenvalue weighted by atomic mass is 10.1. The van der Waals surface area contributed by atoms with Gasteiger partial charge >= 0.3 is 0 Å². The molecular weight excluding hydrogens is 359 g/mol. The minimum atomic E-state index is 0.463. The largest absolute Gasteiger partial charge is 0.365 e. The van der Waals surface area contributed by atoms with Gasteiger partial charge in [-0.15, -0.1) is 5.10 Å². The molecule has 8 heteroatoms. The molecule has 2 aromatic heterocycles. The molecule has 1 aromatic carbocycles. The molecule has 0 aliphatic carbocycles. The van der Waals surface area contributed by atoms with E-state index in [0.717, 1.165) is 17.5 Å². The van der Waals surface area contributed by atoms with Crippen molar-refractivity contribution >= 4 is 35.0 Å². The number of rotatable bonds is 7. The maximum atomic E-state index is 6.17. The van der Waals surface area contributed by atoms with Crippen molar-refractivity contribution in [2.45, 2.75) is 13.0 Å². The summed E-state index contributed by atoms with van der Waals surface area (Å²) >= 11 is 12.1. The molecule has 0 aliphatic heterocycles. The highest BCUT2D eigenvalue weighted by atomic mass is 35.5. The molecule has 0 fully saturated rings. The summed E-state index contributed by atoms with van der Waals surface area (Å²) in [6.07, 6.45) is 5.82. The summed E-state index contributed by atoms with van der Waals surface area (Å²) < 4.78 is 0. The van der Waals surface area contributed by atoms with E-state index in [4.69, 9.17) is 23.2 Å². The second-order valence-electron chi connectivity index (χ2n) is 5.29. The van der Waals surface area contributed by atoms with Gasteiger partial charge < -0.3 is 10.6 Å². The standard InChI is InChI=1S/C17H16Cl2N6/c18-14-2-1-13(15(19)9-14)5-8-21-17-24-16(11-23-25-17)22-10-12-3-6-20-7-4-12/h1-4,6-7,9,11H,5,8,10H2,(H2,21,22,24,25). The first kappa shape index (κ1) is 17.4. The molecule has 0 unspecified atom stereocenters. The summed E-state index contributed by atoms with van der Waals surface area (Å²) in [5.41, 5.74) is 2.12. The van der Waals surface area contributed by atoms with Gasteiger partial charge in [-0.25, -0.2) is 0 Å². The number of hydrogen-bond donors (Lipinski definition) is 2. The quantitative estimate of drug-likeness (QED) is 0.654. The summed E-state index contributed by atoms with van der Waals surface area (Å²) in [5.74, 6) is 1.11. The molecule has 128 valence electrons. The zero-order chi connectivity index (χ0) is 17.5. The highest BCUT2D eigenvalue weighted by molar-refractivity contribution is 6.35. The topological polar surface area (TPSA) is 75.6 Å². The fourth-order valence-electron chi connectivity index (χ4n) is 2.19. The third-order valence-corrected chi connectivity index (χ3v) is 4.06. The number of halogens is 2. The molecule has 0 spiro atoms. The smallest absolute Gasteiger partial charge is 0.244 e. The molecule has 0 radical (unpaired) electrons. The lowest BCUT2D eigenvalue weighted by molar-refractivity contribution is 0.921. The van der Waals surface area contributed by atoms with Gasteiger partial charge in [0.2, 0.25) is 5.95 Å². The van der Waals surface area contributed by atoms with Crippen molar-refractivity contribution < 1.29 is 0 Å². The number of nitrogens with one attached hydrogen (secondary N) is 2. The molecule has 0 saturated heterocycles. The molecule has 2 heterocycles. The zero-order valence-corrected chi connectivity index (χ0v) is 14.8. The second kappa shape index (κ2) is 8.60. The Morgan fingerprint density at radius 2 is 1.84 bits per heavy atom. The van der Waals surface area contributed by atoms with Crippen LogP contribution in [0.5, 0.6) is 0 Å². The summed E-state index contributed by atoms with van der Waals surface area (Å²) in [7, 11) is 0. The van der Waals surface area contributed by atoms with E-state index in [0.29, 0.717) is 34.9 Å². The minimum Gasteiger partial charge on any atom is -0.365 e. The molecule has 3 aromatic rings. The highest BCUT2D eigenvalue weighted by Gasteiger charge is 2.03. The van der Waals surface area contributed by atoms with Gasteiger partial charge in [0.1, 0.15) is 0 Å². The average Bonchev–Trinajstić information content (AvgIpc) is 2.63. The first-order chi connectivity index (χ1) is 12.2. The van der Waals surface area contributed by atoms with Gasteiger partial charge in [-0.1, -0.05) is 29.3 Å². The molecule has 25 heavy (non-hydrogen) atoms. The van der Waals surface area contributed by atoms with Gasteiger partial charge in [-0.3, -0.25) is 4.98 Å². The van der Waals surface area contributed by atoms with Gasteiger partial charge in [0, 0.05) is 35.5 Å². The van der Waals surface area contributed by atoms with E-state index in [9.17, 15) is 0 Å². The van der Waals surface area contributed by atoms with E-state index in [1.165, 1.54) is 0 Å². The summed E-state index contributed by atoms with van der Waals surface area (Å²) in [6, 6.07) is 9.36. The van der Waals surface area contributed by atoms with Crippen LogP contribution >= 0.6 is 23.2 Å². The Labute approximate surface area is 155 Å². The molecule has 6 nitrogen and oxygen atoms in total. The minimum absolute atomic E-state index is 0.463. The molecule has 3 rings (SSSR count). The third kappa shape index (κ3) is 5.27. The van der Waals surface area contributed by atoms with E-state index in [2.05, 4.69) is 30.8 Å². The maximum Gasteiger partial charge on any atom is 0.244 e. The Balaban J connectivity index is 1.53. The Hall–Kier alpha value is -2.44. The van der Waals surface area contributed by atoms with Gasteiger partial charge in [0.05, 0.1) is 6.20 Å². The maximum absolute atomic E-state index is 6.17. The number of hydrogen-bond acceptors (Lipinski definition) is 6. The predicted octanol–water partition coefficient (Wildman–Crippen LogP) is 3.84. The van der Waals surface area contributed by atoms with Gasteiger partial charge in [-0.05, 0) is 41.8 Å². The lowest BCUT2D eigenvalue weighted by Gasteiger charge is -2.08. The van der Waals surface area contributed by atoms with E-state index >= 15 is 0 Å². The van der Waals surface area contributed by atoms with Crippen LogP contribution in [0.15, 0.2) is 48.9 Å². The monoisotopic (exact) mass is 374 g/mol. The van der Waals surface area contributed by atoms with Gasteiger partial charge in [0.15, 0.2) is 5.82 Å². The Kier molecular flexibility index (Phi) is 5.98.